The number of hydrogen-bond donors (Lipinski definition) is 3. The number of aryl methyl sites for hydroxylation is 1. The number of sulfone groups is 1. The van der Waals surface area contributed by atoms with E-state index in [0.717, 1.165) is 36.1 Å². The van der Waals surface area contributed by atoms with Crippen LogP contribution >= 0.6 is 11.6 Å². The summed E-state index contributed by atoms with van der Waals surface area (Å²) in [7, 11) is -3.28. The average Bonchev–Trinajstić information content (AvgIpc) is 2.91. The molecule has 1 saturated heterocycles. The number of nitrogens with one attached hydrogen (secondary N) is 3. The fourth-order valence-electron chi connectivity index (χ4n) is 5.12. The molecule has 1 aliphatic heterocycles. The molecule has 1 aromatic carbocycles. The molecular weight excluding hydrogens is 524 g/mol. The summed E-state index contributed by atoms with van der Waals surface area (Å²) < 4.78 is 31.1. The van der Waals surface area contributed by atoms with E-state index in [1.165, 1.54) is 11.8 Å². The van der Waals surface area contributed by atoms with Crippen molar-refractivity contribution in [1.82, 2.24) is 20.6 Å². The molecule has 0 unspecified atom stereocenters. The third-order valence-electron chi connectivity index (χ3n) is 7.28. The van der Waals surface area contributed by atoms with Gasteiger partial charge in [0.05, 0.1) is 16.3 Å². The lowest BCUT2D eigenvalue weighted by molar-refractivity contribution is 0.299. The standard InChI is InChI=1S/C28H31ClN4O4S/c1-38(35,36)28(10-2-11-30-18-28)33-15-19-3-4-21-14-22(6-5-20(21)13-19)26-25(9-12-31-27(26)34)37-17-24-8-7-23(29)16-32-24/h3-4,7-9,12-14,16,30,33H,2,5-6,10-11,15,17-18H2,1H3,(H,31,34)/t28-/m0/s1. The van der Waals surface area contributed by atoms with Crippen LogP contribution in [0.4, 0.5) is 0 Å². The number of fused-ring (bicyclic) bond motifs is 1. The van der Waals surface area contributed by atoms with Gasteiger partial charge in [-0.1, -0.05) is 35.9 Å². The van der Waals surface area contributed by atoms with Gasteiger partial charge in [0.1, 0.15) is 17.2 Å². The van der Waals surface area contributed by atoms with Crippen LogP contribution in [0.2, 0.25) is 5.02 Å². The van der Waals surface area contributed by atoms with Crippen molar-refractivity contribution in [3.63, 3.8) is 0 Å². The molecule has 3 aromatic rings. The third-order valence-corrected chi connectivity index (χ3v) is 9.41. The maximum absolute atomic E-state index is 12.8. The molecule has 10 heteroatoms. The maximum atomic E-state index is 12.8. The van der Waals surface area contributed by atoms with E-state index in [4.69, 9.17) is 16.3 Å². The van der Waals surface area contributed by atoms with E-state index in [1.807, 2.05) is 18.2 Å². The normalized spacial score (nSPS) is 19.5. The molecule has 2 aromatic heterocycles. The highest BCUT2D eigenvalue weighted by Gasteiger charge is 2.41. The number of pyridine rings is 2. The second-order valence-corrected chi connectivity index (χ2v) is 12.7. The largest absolute Gasteiger partial charge is 0.486 e. The molecule has 200 valence electrons. The number of hydrogen-bond acceptors (Lipinski definition) is 7. The summed E-state index contributed by atoms with van der Waals surface area (Å²) >= 11 is 5.92. The molecule has 0 radical (unpaired) electrons. The Kier molecular flexibility index (Phi) is 7.72. The van der Waals surface area contributed by atoms with Gasteiger partial charge in [-0.15, -0.1) is 0 Å². The molecule has 5 rings (SSSR count). The molecule has 0 bridgehead atoms. The Balaban J connectivity index is 1.34. The van der Waals surface area contributed by atoms with E-state index >= 15 is 0 Å². The molecule has 0 spiro atoms. The van der Waals surface area contributed by atoms with Crippen molar-refractivity contribution in [2.75, 3.05) is 19.3 Å². The minimum absolute atomic E-state index is 0.200. The first-order valence-electron chi connectivity index (χ1n) is 12.7. The van der Waals surface area contributed by atoms with Crippen molar-refractivity contribution in [2.24, 2.45) is 0 Å². The Bertz CT molecular complexity index is 1510. The van der Waals surface area contributed by atoms with Gasteiger partial charge in [0.2, 0.25) is 0 Å². The number of allylic oxidation sites excluding steroid dienone is 1. The number of aromatic nitrogens is 2. The molecule has 0 saturated carbocycles. The maximum Gasteiger partial charge on any atom is 0.259 e. The Morgan fingerprint density at radius 1 is 1.18 bits per heavy atom. The second kappa shape index (κ2) is 11.0. The van der Waals surface area contributed by atoms with Gasteiger partial charge >= 0.3 is 0 Å². The molecule has 1 fully saturated rings. The monoisotopic (exact) mass is 554 g/mol. The lowest BCUT2D eigenvalue weighted by atomic mass is 9.88. The van der Waals surface area contributed by atoms with Crippen LogP contribution in [0.25, 0.3) is 11.6 Å². The molecular formula is C28H31ClN4O4S. The topological polar surface area (TPSA) is 113 Å². The van der Waals surface area contributed by atoms with Crippen LogP contribution < -0.4 is 20.9 Å². The molecule has 2 aliphatic rings. The van der Waals surface area contributed by atoms with E-state index < -0.39 is 14.7 Å². The molecule has 1 atom stereocenters. The fourth-order valence-corrected chi connectivity index (χ4v) is 6.45. The van der Waals surface area contributed by atoms with E-state index in [9.17, 15) is 13.2 Å². The number of halogens is 1. The number of rotatable bonds is 8. The SMILES string of the molecule is CS(=O)(=O)[C@@]1(NCc2ccc3c(c2)CCC(c2c(OCc4ccc(Cl)cn4)cc[nH]c2=O)=C3)CCCNC1. The lowest BCUT2D eigenvalue weighted by Crippen LogP contribution is -2.60. The zero-order valence-corrected chi connectivity index (χ0v) is 22.8. The number of benzene rings is 1. The quantitative estimate of drug-likeness (QED) is 0.389. The summed E-state index contributed by atoms with van der Waals surface area (Å²) in [6, 6.07) is 11.5. The molecule has 3 heterocycles. The van der Waals surface area contributed by atoms with E-state index in [0.29, 0.717) is 48.0 Å². The molecule has 3 N–H and O–H groups in total. The number of nitrogens with zero attached hydrogens (tertiary/aromatic N) is 1. The first kappa shape index (κ1) is 26.6. The summed E-state index contributed by atoms with van der Waals surface area (Å²) in [5, 5.41) is 7.11. The summed E-state index contributed by atoms with van der Waals surface area (Å²) in [4.78, 5) is 18.9. The third kappa shape index (κ3) is 5.71. The van der Waals surface area contributed by atoms with Crippen molar-refractivity contribution in [2.45, 2.75) is 43.7 Å². The average molecular weight is 555 g/mol. The summed E-state index contributed by atoms with van der Waals surface area (Å²) in [5.41, 5.74) is 5.20. The van der Waals surface area contributed by atoms with Crippen molar-refractivity contribution in [3.05, 3.63) is 92.1 Å². The van der Waals surface area contributed by atoms with Gasteiger partial charge in [-0.25, -0.2) is 8.42 Å². The van der Waals surface area contributed by atoms with Crippen LogP contribution in [0.15, 0.2) is 53.6 Å². The van der Waals surface area contributed by atoms with Crippen molar-refractivity contribution in [3.8, 4) is 5.75 Å². The van der Waals surface area contributed by atoms with Gasteiger partial charge in [0.15, 0.2) is 9.84 Å². The van der Waals surface area contributed by atoms with Crippen molar-refractivity contribution < 1.29 is 13.2 Å². The highest BCUT2D eigenvalue weighted by atomic mass is 35.5. The van der Waals surface area contributed by atoms with Crippen LogP contribution in [-0.4, -0.2) is 42.6 Å². The van der Waals surface area contributed by atoms with E-state index in [-0.39, 0.29) is 12.2 Å². The Labute approximate surface area is 227 Å². The molecule has 0 amide bonds. The van der Waals surface area contributed by atoms with E-state index in [1.54, 1.807) is 30.6 Å². The highest BCUT2D eigenvalue weighted by Crippen LogP contribution is 2.34. The Morgan fingerprint density at radius 3 is 2.79 bits per heavy atom. The molecule has 38 heavy (non-hydrogen) atoms. The predicted molar refractivity (Wildman–Crippen MR) is 150 cm³/mol. The van der Waals surface area contributed by atoms with Gasteiger partial charge in [0.25, 0.3) is 5.56 Å². The van der Waals surface area contributed by atoms with Crippen molar-refractivity contribution >= 4 is 33.1 Å². The van der Waals surface area contributed by atoms with Crippen LogP contribution in [0.3, 0.4) is 0 Å². The molecule has 8 nitrogen and oxygen atoms in total. The molecule has 1 aliphatic carbocycles. The number of aromatic amines is 1. The Hall–Kier alpha value is -2.98. The minimum atomic E-state index is -3.28. The number of piperidine rings is 1. The predicted octanol–water partition coefficient (Wildman–Crippen LogP) is 3.70. The second-order valence-electron chi connectivity index (χ2n) is 9.91. The van der Waals surface area contributed by atoms with Gasteiger partial charge in [-0.2, -0.15) is 0 Å². The van der Waals surface area contributed by atoms with Gasteiger partial charge in [-0.05, 0) is 72.7 Å². The van der Waals surface area contributed by atoms with Gasteiger partial charge in [-0.3, -0.25) is 15.1 Å². The first-order valence-corrected chi connectivity index (χ1v) is 14.9. The van der Waals surface area contributed by atoms with E-state index in [2.05, 4.69) is 26.7 Å². The highest BCUT2D eigenvalue weighted by molar-refractivity contribution is 7.92. The van der Waals surface area contributed by atoms with Crippen LogP contribution in [0.5, 0.6) is 5.75 Å². The Morgan fingerprint density at radius 2 is 2.05 bits per heavy atom. The zero-order chi connectivity index (χ0) is 26.8. The fraction of sp³-hybridized carbons (Fsp3) is 0.357. The summed E-state index contributed by atoms with van der Waals surface area (Å²) in [6.45, 7) is 1.93. The van der Waals surface area contributed by atoms with Crippen LogP contribution in [0.1, 0.15) is 47.2 Å². The first-order chi connectivity index (χ1) is 18.2. The summed E-state index contributed by atoms with van der Waals surface area (Å²) in [6.07, 6.45) is 9.36. The van der Waals surface area contributed by atoms with Gasteiger partial charge in [0, 0.05) is 31.7 Å². The number of H-pyrrole nitrogens is 1. The summed E-state index contributed by atoms with van der Waals surface area (Å²) in [5.74, 6) is 0.508. The van der Waals surface area contributed by atoms with Crippen LogP contribution in [0, 0.1) is 0 Å². The van der Waals surface area contributed by atoms with Crippen LogP contribution in [-0.2, 0) is 29.4 Å². The minimum Gasteiger partial charge on any atom is -0.486 e. The number of ether oxygens (including phenoxy) is 1. The lowest BCUT2D eigenvalue weighted by Gasteiger charge is -2.37. The van der Waals surface area contributed by atoms with Crippen molar-refractivity contribution in [1.29, 1.82) is 0 Å². The smallest absolute Gasteiger partial charge is 0.259 e. The zero-order valence-electron chi connectivity index (χ0n) is 21.2. The van der Waals surface area contributed by atoms with Gasteiger partial charge < -0.3 is 15.0 Å².